The molecule has 1 heterocycles. The maximum absolute atomic E-state index is 11.6. The van der Waals surface area contributed by atoms with E-state index in [-0.39, 0.29) is 5.91 Å². The first kappa shape index (κ1) is 18.7. The molecule has 134 valence electrons. The van der Waals surface area contributed by atoms with Crippen LogP contribution in [0, 0.1) is 6.92 Å². The number of amides is 1. The monoisotopic (exact) mass is 332 g/mol. The van der Waals surface area contributed by atoms with Crippen molar-refractivity contribution in [3.05, 3.63) is 29.8 Å². The third-order valence-corrected chi connectivity index (χ3v) is 4.54. The van der Waals surface area contributed by atoms with Crippen LogP contribution in [-0.4, -0.2) is 63.7 Å². The molecular formula is C19H32N4O. The average Bonchev–Trinajstić information content (AvgIpc) is 2.59. The Kier molecular flexibility index (Phi) is 8.05. The number of nitrogens with one attached hydrogen (secondary N) is 2. The summed E-state index contributed by atoms with van der Waals surface area (Å²) in [6.45, 7) is 9.27. The van der Waals surface area contributed by atoms with Crippen LogP contribution in [0.25, 0.3) is 0 Å². The third kappa shape index (κ3) is 6.49. The fourth-order valence-electron chi connectivity index (χ4n) is 3.10. The number of hydrogen-bond donors (Lipinski definition) is 2. The number of piperazine rings is 1. The Hall–Kier alpha value is -1.59. The molecule has 1 aliphatic heterocycles. The van der Waals surface area contributed by atoms with E-state index in [2.05, 4.69) is 51.6 Å². The maximum atomic E-state index is 11.6. The highest BCUT2D eigenvalue weighted by molar-refractivity contribution is 5.75. The zero-order chi connectivity index (χ0) is 17.2. The van der Waals surface area contributed by atoms with Crippen LogP contribution in [0.4, 0.5) is 5.69 Å². The van der Waals surface area contributed by atoms with E-state index in [0.717, 1.165) is 58.7 Å². The molecule has 0 bridgehead atoms. The summed E-state index contributed by atoms with van der Waals surface area (Å²) in [4.78, 5) is 16.6. The minimum absolute atomic E-state index is 0.175. The molecule has 0 aromatic heterocycles. The molecule has 2 rings (SSSR count). The predicted molar refractivity (Wildman–Crippen MR) is 101 cm³/mol. The van der Waals surface area contributed by atoms with Crippen LogP contribution in [0.15, 0.2) is 24.3 Å². The minimum Gasteiger partial charge on any atom is -0.369 e. The summed E-state index contributed by atoms with van der Waals surface area (Å²) < 4.78 is 0. The van der Waals surface area contributed by atoms with Gasteiger partial charge in [-0.1, -0.05) is 12.1 Å². The van der Waals surface area contributed by atoms with E-state index in [0.29, 0.717) is 6.42 Å². The largest absolute Gasteiger partial charge is 0.369 e. The molecule has 0 atom stereocenters. The quantitative estimate of drug-likeness (QED) is 0.675. The molecule has 5 nitrogen and oxygen atoms in total. The molecule has 1 amide bonds. The maximum Gasteiger partial charge on any atom is 0.220 e. The molecule has 5 heteroatoms. The van der Waals surface area contributed by atoms with Gasteiger partial charge in [-0.25, -0.2) is 0 Å². The van der Waals surface area contributed by atoms with Crippen LogP contribution in [0.1, 0.15) is 24.8 Å². The van der Waals surface area contributed by atoms with Crippen LogP contribution in [0.3, 0.4) is 0 Å². The lowest BCUT2D eigenvalue weighted by Crippen LogP contribution is -2.47. The van der Waals surface area contributed by atoms with Crippen LogP contribution >= 0.6 is 0 Å². The zero-order valence-electron chi connectivity index (χ0n) is 15.2. The second-order valence-corrected chi connectivity index (χ2v) is 6.58. The summed E-state index contributed by atoms with van der Waals surface area (Å²) in [5, 5.41) is 6.08. The van der Waals surface area contributed by atoms with Crippen molar-refractivity contribution in [1.29, 1.82) is 0 Å². The molecule has 1 aliphatic rings. The van der Waals surface area contributed by atoms with Crippen molar-refractivity contribution in [2.24, 2.45) is 0 Å². The first-order chi connectivity index (χ1) is 11.7. The highest BCUT2D eigenvalue weighted by Crippen LogP contribution is 2.17. The van der Waals surface area contributed by atoms with E-state index >= 15 is 0 Å². The lowest BCUT2D eigenvalue weighted by Gasteiger charge is -2.36. The van der Waals surface area contributed by atoms with Gasteiger partial charge in [0.05, 0.1) is 0 Å². The van der Waals surface area contributed by atoms with Gasteiger partial charge in [0.2, 0.25) is 5.91 Å². The van der Waals surface area contributed by atoms with E-state index in [1.54, 1.807) is 0 Å². The number of aryl methyl sites for hydroxylation is 1. The number of anilines is 1. The highest BCUT2D eigenvalue weighted by atomic mass is 16.1. The normalized spacial score (nSPS) is 15.5. The van der Waals surface area contributed by atoms with Gasteiger partial charge in [-0.05, 0) is 57.6 Å². The van der Waals surface area contributed by atoms with Gasteiger partial charge < -0.3 is 15.5 Å². The SMILES string of the molecule is CNCCCC(=O)NCCCN1CCN(c2cccc(C)c2)CC1. The second-order valence-electron chi connectivity index (χ2n) is 6.58. The van der Waals surface area contributed by atoms with Crippen molar-refractivity contribution < 1.29 is 4.79 Å². The molecule has 0 spiro atoms. The van der Waals surface area contributed by atoms with Gasteiger partial charge in [-0.3, -0.25) is 9.69 Å². The van der Waals surface area contributed by atoms with Gasteiger partial charge in [0.15, 0.2) is 0 Å². The second kappa shape index (κ2) is 10.3. The average molecular weight is 332 g/mol. The van der Waals surface area contributed by atoms with E-state index in [9.17, 15) is 4.79 Å². The lowest BCUT2D eigenvalue weighted by atomic mass is 10.2. The van der Waals surface area contributed by atoms with Crippen LogP contribution in [-0.2, 0) is 4.79 Å². The number of carbonyl (C=O) groups is 1. The summed E-state index contributed by atoms with van der Waals surface area (Å²) in [7, 11) is 1.91. The van der Waals surface area contributed by atoms with Crippen molar-refractivity contribution in [2.75, 3.05) is 57.8 Å². The molecule has 2 N–H and O–H groups in total. The molecule has 1 aromatic carbocycles. The van der Waals surface area contributed by atoms with Crippen molar-refractivity contribution in [3.63, 3.8) is 0 Å². The fraction of sp³-hybridized carbons (Fsp3) is 0.632. The molecule has 0 saturated carbocycles. The first-order valence-electron chi connectivity index (χ1n) is 9.14. The molecule has 1 saturated heterocycles. The molecule has 0 radical (unpaired) electrons. The van der Waals surface area contributed by atoms with Crippen LogP contribution in [0.2, 0.25) is 0 Å². The van der Waals surface area contributed by atoms with Crippen molar-refractivity contribution in [2.45, 2.75) is 26.2 Å². The Morgan fingerprint density at radius 1 is 1.12 bits per heavy atom. The standard InChI is InChI=1S/C19H32N4O/c1-17-6-3-7-18(16-17)23-14-12-22(13-15-23)11-5-10-21-19(24)8-4-9-20-2/h3,6-7,16,20H,4-5,8-15H2,1-2H3,(H,21,24). The Labute approximate surface area is 146 Å². The molecular weight excluding hydrogens is 300 g/mol. The molecule has 1 fully saturated rings. The Morgan fingerprint density at radius 2 is 1.92 bits per heavy atom. The van der Waals surface area contributed by atoms with Gasteiger partial charge in [-0.15, -0.1) is 0 Å². The Morgan fingerprint density at radius 3 is 2.62 bits per heavy atom. The Balaban J connectivity index is 1.57. The first-order valence-corrected chi connectivity index (χ1v) is 9.14. The molecule has 1 aromatic rings. The van der Waals surface area contributed by atoms with Gasteiger partial charge in [-0.2, -0.15) is 0 Å². The van der Waals surface area contributed by atoms with Gasteiger partial charge in [0.25, 0.3) is 0 Å². The highest BCUT2D eigenvalue weighted by Gasteiger charge is 2.16. The topological polar surface area (TPSA) is 47.6 Å². The summed E-state index contributed by atoms with van der Waals surface area (Å²) >= 11 is 0. The number of carbonyl (C=O) groups excluding carboxylic acids is 1. The molecule has 0 unspecified atom stereocenters. The van der Waals surface area contributed by atoms with E-state index in [1.165, 1.54) is 11.3 Å². The van der Waals surface area contributed by atoms with E-state index in [1.807, 2.05) is 7.05 Å². The summed E-state index contributed by atoms with van der Waals surface area (Å²) in [5.41, 5.74) is 2.66. The van der Waals surface area contributed by atoms with E-state index in [4.69, 9.17) is 0 Å². The predicted octanol–water partition coefficient (Wildman–Crippen LogP) is 1.62. The molecule has 24 heavy (non-hydrogen) atoms. The zero-order valence-corrected chi connectivity index (χ0v) is 15.2. The van der Waals surface area contributed by atoms with E-state index < -0.39 is 0 Å². The fourth-order valence-corrected chi connectivity index (χ4v) is 3.10. The summed E-state index contributed by atoms with van der Waals surface area (Å²) in [6.07, 6.45) is 2.56. The lowest BCUT2D eigenvalue weighted by molar-refractivity contribution is -0.121. The summed E-state index contributed by atoms with van der Waals surface area (Å²) in [6, 6.07) is 8.74. The van der Waals surface area contributed by atoms with Crippen LogP contribution < -0.4 is 15.5 Å². The molecule has 0 aliphatic carbocycles. The number of nitrogens with zero attached hydrogens (tertiary/aromatic N) is 2. The van der Waals surface area contributed by atoms with Crippen molar-refractivity contribution >= 4 is 11.6 Å². The third-order valence-electron chi connectivity index (χ3n) is 4.54. The van der Waals surface area contributed by atoms with Gasteiger partial charge in [0.1, 0.15) is 0 Å². The summed E-state index contributed by atoms with van der Waals surface area (Å²) in [5.74, 6) is 0.175. The van der Waals surface area contributed by atoms with Crippen LogP contribution in [0.5, 0.6) is 0 Å². The van der Waals surface area contributed by atoms with Crippen molar-refractivity contribution in [1.82, 2.24) is 15.5 Å². The van der Waals surface area contributed by atoms with Gasteiger partial charge >= 0.3 is 0 Å². The smallest absolute Gasteiger partial charge is 0.220 e. The minimum atomic E-state index is 0.175. The van der Waals surface area contributed by atoms with Crippen molar-refractivity contribution in [3.8, 4) is 0 Å². The Bertz CT molecular complexity index is 498. The number of benzene rings is 1. The van der Waals surface area contributed by atoms with Gasteiger partial charge in [0, 0.05) is 44.8 Å². The number of hydrogen-bond acceptors (Lipinski definition) is 4. The number of rotatable bonds is 9.